The minimum Gasteiger partial charge on any atom is -0.508 e. The van der Waals surface area contributed by atoms with Gasteiger partial charge in [-0.1, -0.05) is 30.3 Å². The molecule has 1 aliphatic rings. The molecule has 1 aliphatic heterocycles. The van der Waals surface area contributed by atoms with Gasteiger partial charge >= 0.3 is 0 Å². The van der Waals surface area contributed by atoms with E-state index in [1.165, 1.54) is 23.9 Å². The van der Waals surface area contributed by atoms with Gasteiger partial charge in [-0.2, -0.15) is 5.26 Å². The predicted molar refractivity (Wildman–Crippen MR) is 108 cm³/mol. The zero-order chi connectivity index (χ0) is 19.8. The monoisotopic (exact) mass is 376 g/mol. The van der Waals surface area contributed by atoms with Crippen molar-refractivity contribution in [1.29, 1.82) is 5.26 Å². The number of phenolic OH excluding ortho intramolecular Hbond substituents is 1. The van der Waals surface area contributed by atoms with E-state index in [4.69, 9.17) is 0 Å². The molecule has 6 nitrogen and oxygen atoms in total. The summed E-state index contributed by atoms with van der Waals surface area (Å²) in [5.74, 6) is -0.350. The lowest BCUT2D eigenvalue weighted by atomic mass is 10.0. The number of anilines is 1. The van der Waals surface area contributed by atoms with E-state index in [2.05, 4.69) is 39.8 Å². The van der Waals surface area contributed by atoms with Crippen LogP contribution < -0.4 is 10.6 Å². The van der Waals surface area contributed by atoms with Gasteiger partial charge < -0.3 is 15.7 Å². The van der Waals surface area contributed by atoms with Gasteiger partial charge in [0, 0.05) is 37.6 Å². The highest BCUT2D eigenvalue weighted by Gasteiger charge is 2.19. The van der Waals surface area contributed by atoms with Crippen LogP contribution in [0.5, 0.6) is 5.75 Å². The fourth-order valence-corrected chi connectivity index (χ4v) is 3.19. The van der Waals surface area contributed by atoms with E-state index in [1.807, 2.05) is 12.1 Å². The number of benzene rings is 2. The van der Waals surface area contributed by atoms with Crippen molar-refractivity contribution in [2.45, 2.75) is 25.4 Å². The van der Waals surface area contributed by atoms with Gasteiger partial charge in [0.2, 0.25) is 0 Å². The molecule has 1 saturated heterocycles. The third-order valence-electron chi connectivity index (χ3n) is 4.79. The van der Waals surface area contributed by atoms with Crippen LogP contribution in [0.25, 0.3) is 0 Å². The first-order valence-corrected chi connectivity index (χ1v) is 9.37. The van der Waals surface area contributed by atoms with Gasteiger partial charge in [-0.25, -0.2) is 0 Å². The number of carbonyl (C=O) groups excluding carboxylic acids is 1. The molecule has 0 aromatic heterocycles. The number of hydrogen-bond donors (Lipinski definition) is 3. The van der Waals surface area contributed by atoms with E-state index in [0.717, 1.165) is 32.5 Å². The second-order valence-electron chi connectivity index (χ2n) is 6.87. The Hall–Kier alpha value is -3.30. The summed E-state index contributed by atoms with van der Waals surface area (Å²) in [6.45, 7) is 2.89. The molecule has 3 N–H and O–H groups in total. The number of rotatable bonds is 6. The summed E-state index contributed by atoms with van der Waals surface area (Å²) in [6.07, 6.45) is 3.43. The average Bonchev–Trinajstić information content (AvgIpc) is 2.72. The number of piperidine rings is 1. The summed E-state index contributed by atoms with van der Waals surface area (Å²) in [4.78, 5) is 14.7. The smallest absolute Gasteiger partial charge is 0.267 e. The molecule has 0 aliphatic carbocycles. The minimum atomic E-state index is -0.470. The van der Waals surface area contributed by atoms with E-state index in [9.17, 15) is 15.2 Å². The number of nitriles is 1. The van der Waals surface area contributed by atoms with E-state index in [0.29, 0.717) is 5.69 Å². The lowest BCUT2D eigenvalue weighted by Crippen LogP contribution is -2.40. The van der Waals surface area contributed by atoms with Crippen LogP contribution in [0, 0.1) is 11.3 Å². The van der Waals surface area contributed by atoms with Crippen LogP contribution in [-0.2, 0) is 11.3 Å². The fraction of sp³-hybridized carbons (Fsp3) is 0.273. The van der Waals surface area contributed by atoms with E-state index < -0.39 is 5.91 Å². The van der Waals surface area contributed by atoms with Crippen molar-refractivity contribution < 1.29 is 9.90 Å². The van der Waals surface area contributed by atoms with Crippen LogP contribution in [-0.4, -0.2) is 35.0 Å². The van der Waals surface area contributed by atoms with Crippen LogP contribution in [0.4, 0.5) is 5.69 Å². The van der Waals surface area contributed by atoms with E-state index in [-0.39, 0.29) is 17.4 Å². The lowest BCUT2D eigenvalue weighted by molar-refractivity contribution is -0.112. The van der Waals surface area contributed by atoms with Crippen molar-refractivity contribution in [2.24, 2.45) is 0 Å². The van der Waals surface area contributed by atoms with Crippen molar-refractivity contribution in [3.8, 4) is 11.8 Å². The molecule has 1 fully saturated rings. The van der Waals surface area contributed by atoms with Crippen LogP contribution in [0.15, 0.2) is 66.4 Å². The zero-order valence-electron chi connectivity index (χ0n) is 15.6. The first-order valence-electron chi connectivity index (χ1n) is 9.37. The molecule has 6 heteroatoms. The summed E-state index contributed by atoms with van der Waals surface area (Å²) in [5, 5.41) is 24.4. The number of hydrogen-bond acceptors (Lipinski definition) is 5. The second kappa shape index (κ2) is 9.58. The first-order chi connectivity index (χ1) is 13.6. The summed E-state index contributed by atoms with van der Waals surface area (Å²) >= 11 is 0. The highest BCUT2D eigenvalue weighted by atomic mass is 16.3. The average molecular weight is 376 g/mol. The Balaban J connectivity index is 1.48. The fourth-order valence-electron chi connectivity index (χ4n) is 3.19. The molecule has 144 valence electrons. The molecule has 28 heavy (non-hydrogen) atoms. The predicted octanol–water partition coefficient (Wildman–Crippen LogP) is 2.99. The van der Waals surface area contributed by atoms with E-state index in [1.54, 1.807) is 12.1 Å². The van der Waals surface area contributed by atoms with Gasteiger partial charge in [-0.05, 0) is 42.7 Å². The van der Waals surface area contributed by atoms with Gasteiger partial charge in [0.15, 0.2) is 0 Å². The Labute approximate surface area is 165 Å². The molecular formula is C22H24N4O2. The zero-order valence-corrected chi connectivity index (χ0v) is 15.6. The molecule has 0 saturated carbocycles. The van der Waals surface area contributed by atoms with Gasteiger partial charge in [-0.15, -0.1) is 0 Å². The maximum absolute atomic E-state index is 12.2. The first kappa shape index (κ1) is 19.5. The Bertz CT molecular complexity index is 848. The van der Waals surface area contributed by atoms with Crippen molar-refractivity contribution in [3.63, 3.8) is 0 Å². The van der Waals surface area contributed by atoms with Gasteiger partial charge in [0.05, 0.1) is 0 Å². The van der Waals surface area contributed by atoms with Crippen LogP contribution in [0.3, 0.4) is 0 Å². The lowest BCUT2D eigenvalue weighted by Gasteiger charge is -2.32. The van der Waals surface area contributed by atoms with Gasteiger partial charge in [0.1, 0.15) is 17.4 Å². The van der Waals surface area contributed by atoms with Crippen LogP contribution in [0.1, 0.15) is 18.4 Å². The molecule has 0 atom stereocenters. The normalized spacial score (nSPS) is 15.6. The Morgan fingerprint density at radius 2 is 1.82 bits per heavy atom. The Kier molecular flexibility index (Phi) is 6.66. The quantitative estimate of drug-likeness (QED) is 0.410. The third-order valence-corrected chi connectivity index (χ3v) is 4.79. The summed E-state index contributed by atoms with van der Waals surface area (Å²) in [6, 6.07) is 18.7. The molecular weight excluding hydrogens is 352 g/mol. The van der Waals surface area contributed by atoms with Gasteiger partial charge in [0.25, 0.3) is 5.91 Å². The molecule has 2 aromatic rings. The summed E-state index contributed by atoms with van der Waals surface area (Å²) in [5.41, 5.74) is 1.87. The van der Waals surface area contributed by atoms with Crippen molar-refractivity contribution >= 4 is 11.6 Å². The highest BCUT2D eigenvalue weighted by Crippen LogP contribution is 2.16. The maximum Gasteiger partial charge on any atom is 0.267 e. The third kappa shape index (κ3) is 5.60. The van der Waals surface area contributed by atoms with E-state index >= 15 is 0 Å². The number of aromatic hydroxyl groups is 1. The number of nitrogens with zero attached hydrogens (tertiary/aromatic N) is 2. The number of carbonyl (C=O) groups is 1. The molecule has 1 heterocycles. The topological polar surface area (TPSA) is 88.4 Å². The van der Waals surface area contributed by atoms with Crippen molar-refractivity contribution in [3.05, 3.63) is 71.9 Å². The minimum absolute atomic E-state index is 0.0276. The second-order valence-corrected chi connectivity index (χ2v) is 6.87. The van der Waals surface area contributed by atoms with Crippen molar-refractivity contribution in [1.82, 2.24) is 10.2 Å². The molecule has 1 amide bonds. The molecule has 0 unspecified atom stereocenters. The highest BCUT2D eigenvalue weighted by molar-refractivity contribution is 6.06. The Morgan fingerprint density at radius 3 is 2.46 bits per heavy atom. The Morgan fingerprint density at radius 1 is 1.14 bits per heavy atom. The summed E-state index contributed by atoms with van der Waals surface area (Å²) in [7, 11) is 0. The van der Waals surface area contributed by atoms with Crippen molar-refractivity contribution in [2.75, 3.05) is 18.4 Å². The molecule has 0 radical (unpaired) electrons. The molecule has 0 spiro atoms. The number of phenols is 1. The summed E-state index contributed by atoms with van der Waals surface area (Å²) < 4.78 is 0. The van der Waals surface area contributed by atoms with Gasteiger partial charge in [-0.3, -0.25) is 9.69 Å². The number of nitrogens with one attached hydrogen (secondary N) is 2. The maximum atomic E-state index is 12.2. The number of amides is 1. The number of likely N-dealkylation sites (tertiary alicyclic amines) is 1. The molecule has 2 aromatic carbocycles. The molecule has 0 bridgehead atoms. The van der Waals surface area contributed by atoms with Crippen LogP contribution >= 0.6 is 0 Å². The molecule has 3 rings (SSSR count). The van der Waals surface area contributed by atoms with Crippen LogP contribution in [0.2, 0.25) is 0 Å². The standard InChI is InChI=1S/C22H24N4O2/c23-14-18(22(28)25-20-6-8-21(27)9-7-20)15-24-19-10-12-26(13-11-19)16-17-4-2-1-3-5-17/h1-9,15,19,24,27H,10-13,16H2,(H,25,28)/b18-15-. The SMILES string of the molecule is N#C/C(=C/NC1CCN(Cc2ccccc2)CC1)C(=O)Nc1ccc(O)cc1. The largest absolute Gasteiger partial charge is 0.508 e.